The van der Waals surface area contributed by atoms with E-state index < -0.39 is 5.97 Å². The lowest BCUT2D eigenvalue weighted by Crippen LogP contribution is -2.29. The van der Waals surface area contributed by atoms with Crippen LogP contribution < -0.4 is 0 Å². The molecule has 0 radical (unpaired) electrons. The van der Waals surface area contributed by atoms with E-state index in [1.807, 2.05) is 18.7 Å². The van der Waals surface area contributed by atoms with Crippen LogP contribution in [-0.2, 0) is 11.3 Å². The van der Waals surface area contributed by atoms with Crippen LogP contribution in [0.3, 0.4) is 0 Å². The maximum Gasteiger partial charge on any atom is 0.313 e. The number of imidazole rings is 1. The van der Waals surface area contributed by atoms with Gasteiger partial charge in [-0.25, -0.2) is 9.97 Å². The zero-order valence-electron chi connectivity index (χ0n) is 12.1. The van der Waals surface area contributed by atoms with Crippen LogP contribution >= 0.6 is 23.4 Å². The number of aliphatic carboxylic acids is 1. The number of pyridine rings is 1. The Balaban J connectivity index is 2.41. The van der Waals surface area contributed by atoms with Gasteiger partial charge < -0.3 is 14.6 Å². The molecule has 2 aromatic heterocycles. The van der Waals surface area contributed by atoms with Crippen molar-refractivity contribution in [3.8, 4) is 0 Å². The molecule has 2 heterocycles. The van der Waals surface area contributed by atoms with Crippen molar-refractivity contribution in [2.75, 3.05) is 19.8 Å². The summed E-state index contributed by atoms with van der Waals surface area (Å²) in [5.74, 6) is -0.904. The van der Waals surface area contributed by atoms with E-state index >= 15 is 0 Å². The minimum atomic E-state index is -0.870. The van der Waals surface area contributed by atoms with Gasteiger partial charge in [0, 0.05) is 18.8 Å². The van der Waals surface area contributed by atoms with Crippen LogP contribution in [0.1, 0.15) is 6.92 Å². The topological polar surface area (TPSA) is 71.2 Å². The molecule has 0 saturated carbocycles. The van der Waals surface area contributed by atoms with E-state index in [1.54, 1.807) is 12.3 Å². The fourth-order valence-corrected chi connectivity index (χ4v) is 2.68. The summed E-state index contributed by atoms with van der Waals surface area (Å²) in [6.07, 6.45) is 1.58. The maximum atomic E-state index is 10.8. The first-order valence-electron chi connectivity index (χ1n) is 6.41. The number of hydrogen-bond donors (Lipinski definition) is 1. The summed E-state index contributed by atoms with van der Waals surface area (Å²) < 4.78 is 1.95. The number of thioether (sulfide) groups is 1. The van der Waals surface area contributed by atoms with Gasteiger partial charge in [-0.3, -0.25) is 4.79 Å². The van der Waals surface area contributed by atoms with Crippen molar-refractivity contribution >= 4 is 40.5 Å². The van der Waals surface area contributed by atoms with Gasteiger partial charge in [0.15, 0.2) is 10.8 Å². The second kappa shape index (κ2) is 6.64. The molecule has 0 aliphatic rings. The van der Waals surface area contributed by atoms with Gasteiger partial charge in [0.05, 0.1) is 10.8 Å². The number of carboxylic acid groups (broad SMARTS) is 1. The van der Waals surface area contributed by atoms with Gasteiger partial charge in [0.2, 0.25) is 0 Å². The van der Waals surface area contributed by atoms with Crippen molar-refractivity contribution < 1.29 is 9.90 Å². The number of nitrogens with zero attached hydrogens (tertiary/aromatic N) is 4. The Kier molecular flexibility index (Phi) is 5.08. The fraction of sp³-hybridized carbons (Fsp3) is 0.462. The fourth-order valence-electron chi connectivity index (χ4n) is 1.79. The lowest BCUT2D eigenvalue weighted by Gasteiger charge is -2.21. The molecule has 0 aliphatic heterocycles. The zero-order chi connectivity index (χ0) is 15.6. The van der Waals surface area contributed by atoms with Crippen molar-refractivity contribution in [3.05, 3.63) is 17.3 Å². The van der Waals surface area contributed by atoms with Crippen molar-refractivity contribution in [1.82, 2.24) is 19.4 Å². The minimum Gasteiger partial charge on any atom is -0.481 e. The van der Waals surface area contributed by atoms with Crippen molar-refractivity contribution in [3.63, 3.8) is 0 Å². The Morgan fingerprint density at radius 2 is 2.29 bits per heavy atom. The number of likely N-dealkylation sites (N-methyl/N-ethyl adjacent to an activating group) is 1. The van der Waals surface area contributed by atoms with Crippen LogP contribution in [0.15, 0.2) is 17.4 Å². The van der Waals surface area contributed by atoms with Gasteiger partial charge in [0.1, 0.15) is 5.52 Å². The summed E-state index contributed by atoms with van der Waals surface area (Å²) in [4.78, 5) is 21.7. The standard InChI is InChI=1S/C13H17ClN4O2S/c1-8(17(2)3)6-18-12-10(4-9(14)5-15-12)16-13(18)21-7-11(19)20/h4-5,8H,6-7H2,1-3H3,(H,19,20). The number of carboxylic acids is 1. The lowest BCUT2D eigenvalue weighted by molar-refractivity contribution is -0.133. The first-order valence-corrected chi connectivity index (χ1v) is 7.77. The normalized spacial score (nSPS) is 13.0. The van der Waals surface area contributed by atoms with Crippen LogP contribution in [0.5, 0.6) is 0 Å². The third-order valence-electron chi connectivity index (χ3n) is 3.17. The number of rotatable bonds is 6. The summed E-state index contributed by atoms with van der Waals surface area (Å²) in [7, 11) is 4.00. The van der Waals surface area contributed by atoms with Crippen molar-refractivity contribution in [1.29, 1.82) is 0 Å². The Labute approximate surface area is 132 Å². The number of hydrogen-bond acceptors (Lipinski definition) is 5. The maximum absolute atomic E-state index is 10.8. The Morgan fingerprint density at radius 1 is 1.57 bits per heavy atom. The first kappa shape index (κ1) is 16.1. The predicted octanol–water partition coefficient (Wildman–Crippen LogP) is 2.21. The van der Waals surface area contributed by atoms with Crippen molar-refractivity contribution in [2.45, 2.75) is 24.7 Å². The van der Waals surface area contributed by atoms with Crippen LogP contribution in [-0.4, -0.2) is 56.4 Å². The molecule has 0 saturated heterocycles. The monoisotopic (exact) mass is 328 g/mol. The largest absolute Gasteiger partial charge is 0.481 e. The average molecular weight is 329 g/mol. The second-order valence-corrected chi connectivity index (χ2v) is 6.38. The first-order chi connectivity index (χ1) is 9.88. The van der Waals surface area contributed by atoms with Gasteiger partial charge in [-0.2, -0.15) is 0 Å². The van der Waals surface area contributed by atoms with Gasteiger partial charge in [-0.15, -0.1) is 0 Å². The average Bonchev–Trinajstić information content (AvgIpc) is 2.73. The summed E-state index contributed by atoms with van der Waals surface area (Å²) in [5.41, 5.74) is 1.40. The van der Waals surface area contributed by atoms with Crippen molar-refractivity contribution in [2.24, 2.45) is 0 Å². The van der Waals surface area contributed by atoms with E-state index in [4.69, 9.17) is 16.7 Å². The van der Waals surface area contributed by atoms with Gasteiger partial charge >= 0.3 is 5.97 Å². The molecular formula is C13H17ClN4O2S. The van der Waals surface area contributed by atoms with E-state index in [9.17, 15) is 4.79 Å². The van der Waals surface area contributed by atoms with E-state index in [2.05, 4.69) is 21.8 Å². The summed E-state index contributed by atoms with van der Waals surface area (Å²) >= 11 is 7.13. The van der Waals surface area contributed by atoms with Gasteiger partial charge in [-0.1, -0.05) is 23.4 Å². The van der Waals surface area contributed by atoms with Crippen LogP contribution in [0.2, 0.25) is 5.02 Å². The van der Waals surface area contributed by atoms with Crippen LogP contribution in [0, 0.1) is 0 Å². The minimum absolute atomic E-state index is 0.0343. The molecule has 0 fully saturated rings. The highest BCUT2D eigenvalue weighted by atomic mass is 35.5. The molecule has 0 bridgehead atoms. The zero-order valence-corrected chi connectivity index (χ0v) is 13.6. The summed E-state index contributed by atoms with van der Waals surface area (Å²) in [6.45, 7) is 2.77. The summed E-state index contributed by atoms with van der Waals surface area (Å²) in [5, 5.41) is 10.0. The summed E-state index contributed by atoms with van der Waals surface area (Å²) in [6, 6.07) is 2.01. The Hall–Kier alpha value is -1.31. The SMILES string of the molecule is CC(Cn1c(SCC(=O)O)nc2cc(Cl)cnc21)N(C)C. The van der Waals surface area contributed by atoms with Gasteiger partial charge in [-0.05, 0) is 27.1 Å². The molecule has 1 atom stereocenters. The lowest BCUT2D eigenvalue weighted by atomic mass is 10.3. The highest BCUT2D eigenvalue weighted by molar-refractivity contribution is 7.99. The molecule has 0 amide bonds. The molecule has 8 heteroatoms. The number of halogens is 1. The molecule has 2 aromatic rings. The molecule has 2 rings (SSSR count). The molecule has 6 nitrogen and oxygen atoms in total. The molecule has 0 aliphatic carbocycles. The quantitative estimate of drug-likeness (QED) is 0.820. The smallest absolute Gasteiger partial charge is 0.313 e. The second-order valence-electron chi connectivity index (χ2n) is 5.00. The molecule has 114 valence electrons. The molecule has 21 heavy (non-hydrogen) atoms. The number of fused-ring (bicyclic) bond motifs is 1. The molecule has 1 N–H and O–H groups in total. The Morgan fingerprint density at radius 3 is 2.90 bits per heavy atom. The third kappa shape index (κ3) is 3.87. The molecule has 0 aromatic carbocycles. The van der Waals surface area contributed by atoms with Crippen LogP contribution in [0.4, 0.5) is 0 Å². The number of carbonyl (C=O) groups is 1. The van der Waals surface area contributed by atoms with E-state index in [0.29, 0.717) is 22.2 Å². The molecular weight excluding hydrogens is 312 g/mol. The number of aromatic nitrogens is 3. The highest BCUT2D eigenvalue weighted by Gasteiger charge is 2.17. The highest BCUT2D eigenvalue weighted by Crippen LogP contribution is 2.25. The van der Waals surface area contributed by atoms with E-state index in [-0.39, 0.29) is 11.8 Å². The van der Waals surface area contributed by atoms with Crippen LogP contribution in [0.25, 0.3) is 11.2 Å². The third-order valence-corrected chi connectivity index (χ3v) is 4.34. The predicted molar refractivity (Wildman–Crippen MR) is 84.0 cm³/mol. The van der Waals surface area contributed by atoms with E-state index in [0.717, 1.165) is 5.65 Å². The molecule has 1 unspecified atom stereocenters. The Bertz CT molecular complexity index is 659. The van der Waals surface area contributed by atoms with E-state index in [1.165, 1.54) is 11.8 Å². The molecule has 0 spiro atoms. The van der Waals surface area contributed by atoms with Gasteiger partial charge in [0.25, 0.3) is 0 Å².